The number of methoxy groups -OCH3 is 1. The van der Waals surface area contributed by atoms with Crippen LogP contribution in [0.25, 0.3) is 0 Å². The molecule has 0 aliphatic carbocycles. The quantitative estimate of drug-likeness (QED) is 0.687. The summed E-state index contributed by atoms with van der Waals surface area (Å²) in [6.45, 7) is 0.183. The second kappa shape index (κ2) is 6.43. The van der Waals surface area contributed by atoms with E-state index in [0.29, 0.717) is 11.3 Å². The first-order chi connectivity index (χ1) is 9.58. The Balaban J connectivity index is 2.04. The molecule has 2 aromatic rings. The third kappa shape index (κ3) is 3.74. The number of hydrogen-bond donors (Lipinski definition) is 1. The molecule has 0 aliphatic heterocycles. The van der Waals surface area contributed by atoms with Gasteiger partial charge >= 0.3 is 5.97 Å². The minimum Gasteiger partial charge on any atom is -0.497 e. The summed E-state index contributed by atoms with van der Waals surface area (Å²) in [5, 5.41) is 0. The largest absolute Gasteiger partial charge is 0.497 e. The van der Waals surface area contributed by atoms with Crippen LogP contribution in [0.5, 0.6) is 5.75 Å². The minimum absolute atomic E-state index is 0.183. The summed E-state index contributed by atoms with van der Waals surface area (Å²) in [4.78, 5) is 11.9. The Morgan fingerprint density at radius 3 is 2.75 bits per heavy atom. The maximum Gasteiger partial charge on any atom is 0.338 e. The number of anilines is 1. The Kier molecular flexibility index (Phi) is 4.63. The van der Waals surface area contributed by atoms with Crippen molar-refractivity contribution in [2.24, 2.45) is 0 Å². The zero-order valence-corrected chi connectivity index (χ0v) is 12.5. The topological polar surface area (TPSA) is 61.5 Å². The number of esters is 1. The van der Waals surface area contributed by atoms with E-state index in [9.17, 15) is 4.79 Å². The number of rotatable bonds is 4. The van der Waals surface area contributed by atoms with Crippen molar-refractivity contribution in [1.29, 1.82) is 0 Å². The molecule has 0 radical (unpaired) electrons. The van der Waals surface area contributed by atoms with Crippen LogP contribution in [-0.4, -0.2) is 13.1 Å². The molecule has 0 aromatic heterocycles. The van der Waals surface area contributed by atoms with Gasteiger partial charge in [-0.15, -0.1) is 0 Å². The number of ether oxygens (including phenoxy) is 2. The lowest BCUT2D eigenvalue weighted by Crippen LogP contribution is -2.06. The Morgan fingerprint density at radius 2 is 2.05 bits per heavy atom. The Bertz CT molecular complexity index is 608. The second-order valence-electron chi connectivity index (χ2n) is 4.20. The number of hydrogen-bond acceptors (Lipinski definition) is 4. The van der Waals surface area contributed by atoms with Gasteiger partial charge in [-0.25, -0.2) is 4.79 Å². The lowest BCUT2D eigenvalue weighted by Gasteiger charge is -2.07. The smallest absolute Gasteiger partial charge is 0.338 e. The zero-order chi connectivity index (χ0) is 14.5. The van der Waals surface area contributed by atoms with Gasteiger partial charge in [0.2, 0.25) is 0 Å². The molecule has 0 heterocycles. The Labute approximate surface area is 125 Å². The molecule has 0 saturated heterocycles. The van der Waals surface area contributed by atoms with Crippen molar-refractivity contribution >= 4 is 27.6 Å². The molecule has 0 amide bonds. The third-order valence-electron chi connectivity index (χ3n) is 2.66. The highest BCUT2D eigenvalue weighted by Gasteiger charge is 2.09. The van der Waals surface area contributed by atoms with Gasteiger partial charge < -0.3 is 15.2 Å². The number of benzene rings is 2. The maximum atomic E-state index is 11.9. The Hall–Kier alpha value is -2.01. The van der Waals surface area contributed by atoms with Crippen molar-refractivity contribution < 1.29 is 14.3 Å². The molecule has 0 fully saturated rings. The fourth-order valence-electron chi connectivity index (χ4n) is 1.72. The lowest BCUT2D eigenvalue weighted by atomic mass is 10.2. The van der Waals surface area contributed by atoms with E-state index in [0.717, 1.165) is 15.8 Å². The van der Waals surface area contributed by atoms with Crippen LogP contribution in [-0.2, 0) is 11.3 Å². The third-order valence-corrected chi connectivity index (χ3v) is 3.12. The molecular weight excluding hydrogens is 322 g/mol. The molecule has 0 aliphatic rings. The van der Waals surface area contributed by atoms with E-state index >= 15 is 0 Å². The molecule has 0 atom stereocenters. The van der Waals surface area contributed by atoms with E-state index in [1.165, 1.54) is 0 Å². The molecule has 2 rings (SSSR count). The number of halogens is 1. The van der Waals surface area contributed by atoms with E-state index in [-0.39, 0.29) is 6.61 Å². The van der Waals surface area contributed by atoms with Gasteiger partial charge in [0.25, 0.3) is 0 Å². The van der Waals surface area contributed by atoms with Gasteiger partial charge in [0.15, 0.2) is 0 Å². The summed E-state index contributed by atoms with van der Waals surface area (Å²) >= 11 is 3.29. The average Bonchev–Trinajstić information content (AvgIpc) is 2.44. The van der Waals surface area contributed by atoms with Gasteiger partial charge in [-0.2, -0.15) is 0 Å². The summed E-state index contributed by atoms with van der Waals surface area (Å²) < 4.78 is 11.1. The maximum absolute atomic E-state index is 11.9. The highest BCUT2D eigenvalue weighted by molar-refractivity contribution is 9.10. The van der Waals surface area contributed by atoms with Crippen molar-refractivity contribution in [3.8, 4) is 5.75 Å². The number of carbonyl (C=O) groups excluding carboxylic acids is 1. The molecule has 104 valence electrons. The molecule has 20 heavy (non-hydrogen) atoms. The number of nitrogen functional groups attached to an aromatic ring is 1. The SMILES string of the molecule is COc1cccc(COC(=O)c2cc(N)cc(Br)c2)c1. The van der Waals surface area contributed by atoms with E-state index in [1.54, 1.807) is 25.3 Å². The summed E-state index contributed by atoms with van der Waals surface area (Å²) in [6.07, 6.45) is 0. The van der Waals surface area contributed by atoms with Gasteiger partial charge in [0.05, 0.1) is 12.7 Å². The summed E-state index contributed by atoms with van der Waals surface area (Å²) in [5.74, 6) is 0.311. The fourth-order valence-corrected chi connectivity index (χ4v) is 2.24. The van der Waals surface area contributed by atoms with E-state index in [1.807, 2.05) is 24.3 Å². The highest BCUT2D eigenvalue weighted by atomic mass is 79.9. The normalized spacial score (nSPS) is 10.1. The van der Waals surface area contributed by atoms with Crippen molar-refractivity contribution in [3.63, 3.8) is 0 Å². The summed E-state index contributed by atoms with van der Waals surface area (Å²) in [6, 6.07) is 12.3. The van der Waals surface area contributed by atoms with Gasteiger partial charge in [-0.05, 0) is 35.9 Å². The summed E-state index contributed by atoms with van der Waals surface area (Å²) in [5.41, 5.74) is 7.47. The molecule has 0 unspecified atom stereocenters. The van der Waals surface area contributed by atoms with Gasteiger partial charge in [-0.1, -0.05) is 28.1 Å². The van der Waals surface area contributed by atoms with Gasteiger partial charge in [-0.3, -0.25) is 0 Å². The molecule has 0 saturated carbocycles. The molecule has 0 spiro atoms. The zero-order valence-electron chi connectivity index (χ0n) is 10.9. The van der Waals surface area contributed by atoms with Crippen molar-refractivity contribution in [3.05, 3.63) is 58.1 Å². The highest BCUT2D eigenvalue weighted by Crippen LogP contribution is 2.19. The van der Waals surface area contributed by atoms with Gasteiger partial charge in [0.1, 0.15) is 12.4 Å². The van der Waals surface area contributed by atoms with Crippen LogP contribution in [0.2, 0.25) is 0 Å². The van der Waals surface area contributed by atoms with E-state index in [2.05, 4.69) is 15.9 Å². The van der Waals surface area contributed by atoms with Crippen molar-refractivity contribution in [2.75, 3.05) is 12.8 Å². The first-order valence-corrected chi connectivity index (χ1v) is 6.74. The number of nitrogens with two attached hydrogens (primary N) is 1. The predicted octanol–water partition coefficient (Wildman–Crippen LogP) is 3.40. The molecule has 5 heteroatoms. The predicted molar refractivity (Wildman–Crippen MR) is 80.7 cm³/mol. The lowest BCUT2D eigenvalue weighted by molar-refractivity contribution is 0.0472. The fraction of sp³-hybridized carbons (Fsp3) is 0.133. The molecule has 0 bridgehead atoms. The van der Waals surface area contributed by atoms with Crippen molar-refractivity contribution in [1.82, 2.24) is 0 Å². The van der Waals surface area contributed by atoms with Crippen LogP contribution in [0.3, 0.4) is 0 Å². The van der Waals surface area contributed by atoms with Crippen LogP contribution >= 0.6 is 15.9 Å². The molecule has 4 nitrogen and oxygen atoms in total. The van der Waals surface area contributed by atoms with Crippen LogP contribution in [0.1, 0.15) is 15.9 Å². The monoisotopic (exact) mass is 335 g/mol. The molecular formula is C15H14BrNO3. The first kappa shape index (κ1) is 14.4. The van der Waals surface area contributed by atoms with Crippen LogP contribution < -0.4 is 10.5 Å². The average molecular weight is 336 g/mol. The standard InChI is InChI=1S/C15H14BrNO3/c1-19-14-4-2-3-10(5-14)9-20-15(18)11-6-12(16)8-13(17)7-11/h2-8H,9,17H2,1H3. The van der Waals surface area contributed by atoms with Crippen LogP contribution in [0.15, 0.2) is 46.9 Å². The number of carbonyl (C=O) groups is 1. The van der Waals surface area contributed by atoms with Crippen LogP contribution in [0, 0.1) is 0 Å². The second-order valence-corrected chi connectivity index (χ2v) is 5.12. The van der Waals surface area contributed by atoms with Crippen molar-refractivity contribution in [2.45, 2.75) is 6.61 Å². The Morgan fingerprint density at radius 1 is 1.25 bits per heavy atom. The van der Waals surface area contributed by atoms with Crippen LogP contribution in [0.4, 0.5) is 5.69 Å². The van der Waals surface area contributed by atoms with E-state index in [4.69, 9.17) is 15.2 Å². The van der Waals surface area contributed by atoms with Gasteiger partial charge in [0, 0.05) is 10.2 Å². The first-order valence-electron chi connectivity index (χ1n) is 5.94. The molecule has 2 aromatic carbocycles. The minimum atomic E-state index is -0.416. The van der Waals surface area contributed by atoms with E-state index < -0.39 is 5.97 Å². The molecule has 2 N–H and O–H groups in total. The summed E-state index contributed by atoms with van der Waals surface area (Å²) in [7, 11) is 1.59.